The molecule has 22 heavy (non-hydrogen) atoms. The molecule has 4 rings (SSSR count). The summed E-state index contributed by atoms with van der Waals surface area (Å²) in [5.74, 6) is -1.92. The molecule has 1 N–H and O–H groups in total. The first-order valence-electron chi connectivity index (χ1n) is 7.07. The molecule has 0 aromatic heterocycles. The number of hydrogen-bond donors (Lipinski definition) is 1. The number of fused-ring (bicyclic) bond motifs is 2. The van der Waals surface area contributed by atoms with Crippen molar-refractivity contribution in [1.29, 1.82) is 0 Å². The Labute approximate surface area is 125 Å². The van der Waals surface area contributed by atoms with Crippen molar-refractivity contribution in [2.45, 2.75) is 24.8 Å². The fraction of sp³-hybridized carbons (Fsp3) is 0.533. The van der Waals surface area contributed by atoms with E-state index in [1.807, 2.05) is 18.2 Å². The first-order chi connectivity index (χ1) is 10.3. The Morgan fingerprint density at radius 2 is 1.86 bits per heavy atom. The summed E-state index contributed by atoms with van der Waals surface area (Å²) < 4.78 is 43.9. The van der Waals surface area contributed by atoms with Crippen LogP contribution < -0.4 is 0 Å². The lowest BCUT2D eigenvalue weighted by Crippen LogP contribution is -2.73. The standard InChI is InChI=1S/C15H16F3NO3/c16-15(17,18)14(21)11-6-12(14)8-19(7-11)13(20)22-9-10-4-2-1-3-5-10/h1-5,11-12,21H,6-9H2. The normalized spacial score (nSPS) is 30.6. The minimum atomic E-state index is -4.65. The highest BCUT2D eigenvalue weighted by Gasteiger charge is 2.71. The molecule has 1 amide bonds. The van der Waals surface area contributed by atoms with Crippen LogP contribution in [0.2, 0.25) is 0 Å². The van der Waals surface area contributed by atoms with Crippen molar-refractivity contribution in [1.82, 2.24) is 4.90 Å². The van der Waals surface area contributed by atoms with Gasteiger partial charge in [0.05, 0.1) is 0 Å². The molecule has 2 atom stereocenters. The van der Waals surface area contributed by atoms with Gasteiger partial charge in [0.15, 0.2) is 5.60 Å². The van der Waals surface area contributed by atoms with E-state index in [1.54, 1.807) is 12.1 Å². The van der Waals surface area contributed by atoms with E-state index in [0.29, 0.717) is 6.42 Å². The molecule has 0 radical (unpaired) electrons. The van der Waals surface area contributed by atoms with E-state index in [9.17, 15) is 23.1 Å². The lowest BCUT2D eigenvalue weighted by molar-refractivity contribution is -0.349. The van der Waals surface area contributed by atoms with Gasteiger partial charge in [-0.1, -0.05) is 30.3 Å². The molecule has 4 nitrogen and oxygen atoms in total. The molecule has 2 saturated heterocycles. The summed E-state index contributed by atoms with van der Waals surface area (Å²) in [5, 5.41) is 9.83. The highest BCUT2D eigenvalue weighted by molar-refractivity contribution is 5.68. The zero-order chi connectivity index (χ0) is 16.0. The average molecular weight is 315 g/mol. The topological polar surface area (TPSA) is 49.8 Å². The number of carbonyl (C=O) groups excluding carboxylic acids is 1. The highest BCUT2D eigenvalue weighted by atomic mass is 19.4. The molecule has 2 aliphatic heterocycles. The van der Waals surface area contributed by atoms with Crippen molar-refractivity contribution in [3.8, 4) is 0 Å². The third-order valence-corrected chi connectivity index (χ3v) is 4.61. The number of halogens is 3. The van der Waals surface area contributed by atoms with Crippen LogP contribution in [-0.4, -0.2) is 41.0 Å². The van der Waals surface area contributed by atoms with Crippen LogP contribution in [-0.2, 0) is 11.3 Å². The van der Waals surface area contributed by atoms with Gasteiger partial charge < -0.3 is 14.7 Å². The van der Waals surface area contributed by atoms with Crippen LogP contribution in [0.1, 0.15) is 12.0 Å². The number of benzene rings is 1. The SMILES string of the molecule is O=C(OCc1ccccc1)N1CC2CC(C1)C2(O)C(F)(F)F. The van der Waals surface area contributed by atoms with Crippen molar-refractivity contribution < 1.29 is 27.8 Å². The Hall–Kier alpha value is -1.76. The summed E-state index contributed by atoms with van der Waals surface area (Å²) >= 11 is 0. The minimum absolute atomic E-state index is 0.0784. The fourth-order valence-electron chi connectivity index (χ4n) is 3.33. The maximum absolute atomic E-state index is 12.9. The first kappa shape index (κ1) is 15.1. The quantitative estimate of drug-likeness (QED) is 0.912. The van der Waals surface area contributed by atoms with Gasteiger partial charge in [-0.2, -0.15) is 13.2 Å². The molecule has 7 heteroatoms. The van der Waals surface area contributed by atoms with Gasteiger partial charge in [-0.05, 0) is 12.0 Å². The van der Waals surface area contributed by atoms with Crippen LogP contribution in [0.5, 0.6) is 0 Å². The van der Waals surface area contributed by atoms with Crippen LogP contribution in [0.25, 0.3) is 0 Å². The van der Waals surface area contributed by atoms with Gasteiger partial charge in [0.2, 0.25) is 0 Å². The summed E-state index contributed by atoms with van der Waals surface area (Å²) in [4.78, 5) is 13.2. The minimum Gasteiger partial charge on any atom is -0.445 e. The molecule has 2 bridgehead atoms. The second-order valence-corrected chi connectivity index (χ2v) is 5.90. The fourth-order valence-corrected chi connectivity index (χ4v) is 3.33. The van der Waals surface area contributed by atoms with Crippen molar-refractivity contribution in [2.75, 3.05) is 13.1 Å². The van der Waals surface area contributed by atoms with Gasteiger partial charge in [-0.25, -0.2) is 4.79 Å². The van der Waals surface area contributed by atoms with Crippen LogP contribution >= 0.6 is 0 Å². The maximum atomic E-state index is 12.9. The number of piperidine rings is 2. The monoisotopic (exact) mass is 315 g/mol. The molecular formula is C15H16F3NO3. The van der Waals surface area contributed by atoms with E-state index in [0.717, 1.165) is 5.56 Å². The third kappa shape index (κ3) is 2.33. The summed E-state index contributed by atoms with van der Waals surface area (Å²) in [6.07, 6.45) is -5.00. The van der Waals surface area contributed by atoms with Gasteiger partial charge in [-0.15, -0.1) is 0 Å². The van der Waals surface area contributed by atoms with E-state index >= 15 is 0 Å². The zero-order valence-electron chi connectivity index (χ0n) is 11.7. The van der Waals surface area contributed by atoms with E-state index in [2.05, 4.69) is 0 Å². The Morgan fingerprint density at radius 3 is 2.41 bits per heavy atom. The predicted molar refractivity (Wildman–Crippen MR) is 70.8 cm³/mol. The van der Waals surface area contributed by atoms with Gasteiger partial charge >= 0.3 is 12.3 Å². The summed E-state index contributed by atoms with van der Waals surface area (Å²) in [6.45, 7) is -0.171. The van der Waals surface area contributed by atoms with Crippen molar-refractivity contribution in [3.63, 3.8) is 0 Å². The van der Waals surface area contributed by atoms with E-state index in [-0.39, 0.29) is 19.7 Å². The molecule has 2 heterocycles. The molecule has 1 aromatic rings. The molecule has 1 aliphatic carbocycles. The smallest absolute Gasteiger partial charge is 0.417 e. The Morgan fingerprint density at radius 1 is 1.27 bits per heavy atom. The molecule has 0 spiro atoms. The van der Waals surface area contributed by atoms with Gasteiger partial charge in [0, 0.05) is 24.9 Å². The number of alkyl halides is 3. The Kier molecular flexibility index (Phi) is 3.55. The van der Waals surface area contributed by atoms with Crippen LogP contribution in [0.3, 0.4) is 0 Å². The van der Waals surface area contributed by atoms with Gasteiger partial charge in [-0.3, -0.25) is 0 Å². The average Bonchev–Trinajstić information content (AvgIpc) is 2.51. The summed E-state index contributed by atoms with van der Waals surface area (Å²) in [5.41, 5.74) is -1.84. The number of hydrogen-bond acceptors (Lipinski definition) is 3. The molecule has 2 unspecified atom stereocenters. The number of nitrogens with zero attached hydrogens (tertiary/aromatic N) is 1. The Balaban J connectivity index is 1.57. The van der Waals surface area contributed by atoms with Gasteiger partial charge in [0.1, 0.15) is 6.61 Å². The van der Waals surface area contributed by atoms with Crippen LogP contribution in [0.4, 0.5) is 18.0 Å². The largest absolute Gasteiger partial charge is 0.445 e. The van der Waals surface area contributed by atoms with Gasteiger partial charge in [0.25, 0.3) is 0 Å². The number of amides is 1. The van der Waals surface area contributed by atoms with E-state index in [4.69, 9.17) is 4.74 Å². The summed E-state index contributed by atoms with van der Waals surface area (Å²) in [6, 6.07) is 9.04. The molecular weight excluding hydrogens is 299 g/mol. The zero-order valence-corrected chi connectivity index (χ0v) is 11.7. The molecule has 120 valence electrons. The number of rotatable bonds is 2. The highest BCUT2D eigenvalue weighted by Crippen LogP contribution is 2.56. The lowest BCUT2D eigenvalue weighted by Gasteiger charge is -2.58. The number of aliphatic hydroxyl groups is 1. The van der Waals surface area contributed by atoms with E-state index < -0.39 is 29.7 Å². The van der Waals surface area contributed by atoms with Crippen molar-refractivity contribution in [3.05, 3.63) is 35.9 Å². The van der Waals surface area contributed by atoms with Crippen LogP contribution in [0.15, 0.2) is 30.3 Å². The lowest BCUT2D eigenvalue weighted by atomic mass is 9.57. The second kappa shape index (κ2) is 5.15. The second-order valence-electron chi connectivity index (χ2n) is 5.90. The van der Waals surface area contributed by atoms with Crippen molar-refractivity contribution >= 4 is 6.09 Å². The van der Waals surface area contributed by atoms with E-state index in [1.165, 1.54) is 4.90 Å². The Bertz CT molecular complexity index is 549. The predicted octanol–water partition coefficient (Wildman–Crippen LogP) is 2.57. The molecule has 3 aliphatic rings. The molecule has 3 fully saturated rings. The number of ether oxygens (including phenoxy) is 1. The molecule has 1 saturated carbocycles. The summed E-state index contributed by atoms with van der Waals surface area (Å²) in [7, 11) is 0. The third-order valence-electron chi connectivity index (χ3n) is 4.61. The van der Waals surface area contributed by atoms with Crippen molar-refractivity contribution in [2.24, 2.45) is 11.8 Å². The maximum Gasteiger partial charge on any atom is 0.417 e. The first-order valence-corrected chi connectivity index (χ1v) is 7.07. The molecule has 1 aromatic carbocycles. The van der Waals surface area contributed by atoms with Crippen LogP contribution in [0, 0.1) is 11.8 Å². The number of carbonyl (C=O) groups is 1.